The molecular weight excluding hydrogens is 272 g/mol. The Bertz CT molecular complexity index is 572. The van der Waals surface area contributed by atoms with Crippen LogP contribution in [0, 0.1) is 6.92 Å². The smallest absolute Gasteiger partial charge is 0.256 e. The molecule has 0 bridgehead atoms. The van der Waals surface area contributed by atoms with Crippen LogP contribution in [-0.4, -0.2) is 28.2 Å². The summed E-state index contributed by atoms with van der Waals surface area (Å²) in [5.74, 6) is 0.387. The van der Waals surface area contributed by atoms with Gasteiger partial charge in [0.05, 0.1) is 5.56 Å². The summed E-state index contributed by atoms with van der Waals surface area (Å²) < 4.78 is 0. The zero-order valence-electron chi connectivity index (χ0n) is 11.4. The van der Waals surface area contributed by atoms with E-state index in [2.05, 4.69) is 4.98 Å². The molecular formula is C16H17ClN2O. The lowest BCUT2D eigenvalue weighted by Gasteiger charge is -2.22. The predicted octanol–water partition coefficient (Wildman–Crippen LogP) is 3.27. The maximum absolute atomic E-state index is 12.6. The molecule has 0 aliphatic carbocycles. The third-order valence-corrected chi connectivity index (χ3v) is 3.26. The van der Waals surface area contributed by atoms with Crippen LogP contribution in [0.4, 0.5) is 0 Å². The van der Waals surface area contributed by atoms with Crippen molar-refractivity contribution in [3.63, 3.8) is 0 Å². The molecule has 0 unspecified atom stereocenters. The van der Waals surface area contributed by atoms with Gasteiger partial charge < -0.3 is 4.90 Å². The summed E-state index contributed by atoms with van der Waals surface area (Å²) in [5.41, 5.74) is 2.46. The number of alkyl halides is 1. The highest BCUT2D eigenvalue weighted by Crippen LogP contribution is 2.12. The topological polar surface area (TPSA) is 33.2 Å². The van der Waals surface area contributed by atoms with Crippen molar-refractivity contribution in [1.29, 1.82) is 0 Å². The van der Waals surface area contributed by atoms with E-state index in [1.165, 1.54) is 0 Å². The maximum Gasteiger partial charge on any atom is 0.256 e. The van der Waals surface area contributed by atoms with Gasteiger partial charge in [-0.3, -0.25) is 9.78 Å². The number of carbonyl (C=O) groups is 1. The van der Waals surface area contributed by atoms with Crippen LogP contribution < -0.4 is 0 Å². The lowest BCUT2D eigenvalue weighted by atomic mass is 10.1. The molecule has 4 heteroatoms. The number of halogens is 1. The molecule has 3 nitrogen and oxygen atoms in total. The minimum absolute atomic E-state index is 0.0277. The number of aromatic nitrogens is 1. The molecule has 1 aromatic heterocycles. The highest BCUT2D eigenvalue weighted by Gasteiger charge is 2.17. The molecule has 1 aromatic carbocycles. The average molecular weight is 289 g/mol. The Morgan fingerprint density at radius 1 is 1.20 bits per heavy atom. The highest BCUT2D eigenvalue weighted by molar-refractivity contribution is 6.18. The number of hydrogen-bond acceptors (Lipinski definition) is 2. The van der Waals surface area contributed by atoms with Crippen LogP contribution in [0.25, 0.3) is 0 Å². The van der Waals surface area contributed by atoms with Gasteiger partial charge in [0.25, 0.3) is 5.91 Å². The number of carbonyl (C=O) groups excluding carboxylic acids is 1. The molecule has 104 valence electrons. The fraction of sp³-hybridized carbons (Fsp3) is 0.250. The summed E-state index contributed by atoms with van der Waals surface area (Å²) in [6.45, 7) is 2.92. The van der Waals surface area contributed by atoms with Crippen molar-refractivity contribution in [3.05, 3.63) is 65.5 Å². The largest absolute Gasteiger partial charge is 0.333 e. The first-order valence-electron chi connectivity index (χ1n) is 6.53. The van der Waals surface area contributed by atoms with Gasteiger partial charge in [-0.25, -0.2) is 0 Å². The molecule has 0 aliphatic heterocycles. The Kier molecular flexibility index (Phi) is 5.13. The summed E-state index contributed by atoms with van der Waals surface area (Å²) in [7, 11) is 0. The number of benzene rings is 1. The lowest BCUT2D eigenvalue weighted by Crippen LogP contribution is -2.32. The quantitative estimate of drug-likeness (QED) is 0.791. The third-order valence-electron chi connectivity index (χ3n) is 3.10. The van der Waals surface area contributed by atoms with Crippen molar-refractivity contribution < 1.29 is 4.79 Å². The number of pyridine rings is 1. The van der Waals surface area contributed by atoms with Gasteiger partial charge in [-0.15, -0.1) is 11.6 Å². The van der Waals surface area contributed by atoms with Crippen molar-refractivity contribution in [2.75, 3.05) is 12.4 Å². The van der Waals surface area contributed by atoms with Crippen molar-refractivity contribution in [2.45, 2.75) is 13.5 Å². The second-order valence-electron chi connectivity index (χ2n) is 4.54. The van der Waals surface area contributed by atoms with Crippen molar-refractivity contribution in [3.8, 4) is 0 Å². The second kappa shape index (κ2) is 7.06. The van der Waals surface area contributed by atoms with E-state index in [4.69, 9.17) is 11.6 Å². The molecule has 0 atom stereocenters. The molecule has 0 fully saturated rings. The van der Waals surface area contributed by atoms with Gasteiger partial charge in [0.2, 0.25) is 0 Å². The first-order chi connectivity index (χ1) is 9.72. The van der Waals surface area contributed by atoms with Crippen LogP contribution in [-0.2, 0) is 6.54 Å². The van der Waals surface area contributed by atoms with Crippen LogP contribution in [0.3, 0.4) is 0 Å². The van der Waals surface area contributed by atoms with Crippen LogP contribution in [0.15, 0.2) is 48.7 Å². The summed E-state index contributed by atoms with van der Waals surface area (Å²) in [6.07, 6.45) is 1.69. The summed E-state index contributed by atoms with van der Waals surface area (Å²) in [6, 6.07) is 13.5. The molecule has 0 spiro atoms. The molecule has 20 heavy (non-hydrogen) atoms. The number of amides is 1. The van der Waals surface area contributed by atoms with Crippen LogP contribution in [0.2, 0.25) is 0 Å². The predicted molar refractivity (Wildman–Crippen MR) is 80.9 cm³/mol. The number of rotatable bonds is 5. The summed E-state index contributed by atoms with van der Waals surface area (Å²) in [5, 5.41) is 0. The molecule has 1 heterocycles. The zero-order chi connectivity index (χ0) is 14.4. The lowest BCUT2D eigenvalue weighted by molar-refractivity contribution is 0.0752. The van der Waals surface area contributed by atoms with Crippen LogP contribution >= 0.6 is 11.6 Å². The number of hydrogen-bond donors (Lipinski definition) is 0. The molecule has 0 radical (unpaired) electrons. The van der Waals surface area contributed by atoms with Gasteiger partial charge in [-0.1, -0.05) is 30.3 Å². The van der Waals surface area contributed by atoms with Crippen LogP contribution in [0.5, 0.6) is 0 Å². The minimum atomic E-state index is -0.0277. The van der Waals surface area contributed by atoms with Gasteiger partial charge in [0.15, 0.2) is 0 Å². The SMILES string of the molecule is Cc1ncccc1C(=O)N(CCCl)Cc1ccccc1. The third kappa shape index (κ3) is 3.58. The van der Waals surface area contributed by atoms with Crippen molar-refractivity contribution in [2.24, 2.45) is 0 Å². The Morgan fingerprint density at radius 3 is 2.60 bits per heavy atom. The fourth-order valence-electron chi connectivity index (χ4n) is 2.04. The number of nitrogens with zero attached hydrogens (tertiary/aromatic N) is 2. The highest BCUT2D eigenvalue weighted by atomic mass is 35.5. The zero-order valence-corrected chi connectivity index (χ0v) is 12.2. The minimum Gasteiger partial charge on any atom is -0.333 e. The van der Waals surface area contributed by atoms with E-state index < -0.39 is 0 Å². The average Bonchev–Trinajstić information content (AvgIpc) is 2.48. The fourth-order valence-corrected chi connectivity index (χ4v) is 2.24. The molecule has 0 saturated heterocycles. The maximum atomic E-state index is 12.6. The van der Waals surface area contributed by atoms with E-state index in [1.54, 1.807) is 23.2 Å². The van der Waals surface area contributed by atoms with E-state index in [9.17, 15) is 4.79 Å². The number of aryl methyl sites for hydroxylation is 1. The van der Waals surface area contributed by atoms with E-state index >= 15 is 0 Å². The molecule has 0 N–H and O–H groups in total. The molecule has 2 aromatic rings. The normalized spacial score (nSPS) is 10.3. The van der Waals surface area contributed by atoms with Gasteiger partial charge in [-0.2, -0.15) is 0 Å². The van der Waals surface area contributed by atoms with Crippen molar-refractivity contribution >= 4 is 17.5 Å². The Hall–Kier alpha value is -1.87. The van der Waals surface area contributed by atoms with E-state index in [-0.39, 0.29) is 5.91 Å². The van der Waals surface area contributed by atoms with Crippen molar-refractivity contribution in [1.82, 2.24) is 9.88 Å². The Morgan fingerprint density at radius 2 is 1.95 bits per heavy atom. The van der Waals surface area contributed by atoms with Gasteiger partial charge >= 0.3 is 0 Å². The first kappa shape index (κ1) is 14.5. The van der Waals surface area contributed by atoms with E-state index in [1.807, 2.05) is 37.3 Å². The summed E-state index contributed by atoms with van der Waals surface area (Å²) in [4.78, 5) is 18.5. The Labute approximate surface area is 124 Å². The molecule has 0 saturated carbocycles. The molecule has 1 amide bonds. The molecule has 2 rings (SSSR count). The molecule has 0 aliphatic rings. The van der Waals surface area contributed by atoms with E-state index in [0.717, 1.165) is 11.3 Å². The summed E-state index contributed by atoms with van der Waals surface area (Å²) >= 11 is 5.82. The standard InChI is InChI=1S/C16H17ClN2O/c1-13-15(8-5-10-18-13)16(20)19(11-9-17)12-14-6-3-2-4-7-14/h2-8,10H,9,11-12H2,1H3. The first-order valence-corrected chi connectivity index (χ1v) is 7.06. The van der Waals surface area contributed by atoms with Gasteiger partial charge in [-0.05, 0) is 24.6 Å². The Balaban J connectivity index is 2.20. The van der Waals surface area contributed by atoms with Gasteiger partial charge in [0, 0.05) is 30.9 Å². The monoisotopic (exact) mass is 288 g/mol. The van der Waals surface area contributed by atoms with Crippen LogP contribution in [0.1, 0.15) is 21.6 Å². The van der Waals surface area contributed by atoms with Gasteiger partial charge in [0.1, 0.15) is 0 Å². The van der Waals surface area contributed by atoms with E-state index in [0.29, 0.717) is 24.5 Å². The second-order valence-corrected chi connectivity index (χ2v) is 4.92.